The lowest BCUT2D eigenvalue weighted by atomic mass is 10.1. The third-order valence-electron chi connectivity index (χ3n) is 8.72. The quantitative estimate of drug-likeness (QED) is 0.0335. The van der Waals surface area contributed by atoms with E-state index in [1.54, 1.807) is 6.08 Å². The Bertz CT molecular complexity index is 1190. The average molecular weight is 756 g/mol. The first-order valence-corrected chi connectivity index (χ1v) is 22.5. The number of aliphatic hydroxyl groups excluding tert-OH is 1. The molecule has 0 aliphatic rings. The van der Waals surface area contributed by atoms with Crippen molar-refractivity contribution in [3.63, 3.8) is 0 Å². The first-order valence-electron chi connectivity index (χ1n) is 20.9. The fourth-order valence-electron chi connectivity index (χ4n) is 5.62. The Labute approximate surface area is 326 Å². The van der Waals surface area contributed by atoms with Crippen LogP contribution in [0, 0.1) is 0 Å². The maximum Gasteiger partial charge on any atom is 0.267 e. The zero-order valence-electron chi connectivity index (χ0n) is 33.6. The Morgan fingerprint density at radius 2 is 0.925 bits per heavy atom. The van der Waals surface area contributed by atoms with Crippen molar-refractivity contribution in [2.75, 3.05) is 5.75 Å². The summed E-state index contributed by atoms with van der Waals surface area (Å²) in [6.07, 6.45) is 58.2. The summed E-state index contributed by atoms with van der Waals surface area (Å²) in [6.45, 7) is 4.40. The van der Waals surface area contributed by atoms with Gasteiger partial charge in [-0.25, -0.2) is 0 Å². The van der Waals surface area contributed by atoms with Gasteiger partial charge in [0.2, 0.25) is 5.91 Å². The second-order valence-corrected chi connectivity index (χ2v) is 15.4. The van der Waals surface area contributed by atoms with E-state index in [1.807, 2.05) is 0 Å². The Hall–Kier alpha value is -2.74. The van der Waals surface area contributed by atoms with Gasteiger partial charge in [0, 0.05) is 6.42 Å². The zero-order valence-corrected chi connectivity index (χ0v) is 34.4. The van der Waals surface area contributed by atoms with E-state index in [0.717, 1.165) is 89.9 Å². The molecule has 0 fully saturated rings. The molecule has 53 heavy (non-hydrogen) atoms. The average Bonchev–Trinajstić information content (AvgIpc) is 3.12. The van der Waals surface area contributed by atoms with E-state index in [-0.39, 0.29) is 12.3 Å². The van der Waals surface area contributed by atoms with Gasteiger partial charge < -0.3 is 10.4 Å². The molecule has 7 heteroatoms. The number of carbonyl (C=O) groups is 1. The number of allylic oxidation sites excluding steroid dienone is 15. The van der Waals surface area contributed by atoms with E-state index >= 15 is 0 Å². The minimum atomic E-state index is -4.37. The van der Waals surface area contributed by atoms with Gasteiger partial charge in [0.25, 0.3) is 10.1 Å². The highest BCUT2D eigenvalue weighted by Crippen LogP contribution is 2.11. The van der Waals surface area contributed by atoms with Crippen molar-refractivity contribution in [2.24, 2.45) is 0 Å². The summed E-state index contributed by atoms with van der Waals surface area (Å²) in [7, 11) is -4.37. The lowest BCUT2D eigenvalue weighted by molar-refractivity contribution is -0.122. The fraction of sp³-hybridized carbons (Fsp3) is 0.630. The normalized spacial score (nSPS) is 14.3. The second kappa shape index (κ2) is 39.0. The first kappa shape index (κ1) is 50.3. The van der Waals surface area contributed by atoms with Crippen molar-refractivity contribution in [1.29, 1.82) is 0 Å². The van der Waals surface area contributed by atoms with Crippen LogP contribution in [0.15, 0.2) is 97.2 Å². The smallest absolute Gasteiger partial charge is 0.267 e. The van der Waals surface area contributed by atoms with Crippen LogP contribution in [0.5, 0.6) is 0 Å². The second-order valence-electron chi connectivity index (χ2n) is 13.9. The number of aliphatic hydroxyl groups is 1. The zero-order chi connectivity index (χ0) is 38.9. The SMILES string of the molecule is CC/C=C\C/C=C\C/C=C\C/C=C\C/C=C\CCCCCCCC(=O)NC(CS(=O)(=O)O)C(O)/C=C/CC/C=C/CC/C=C/CCCCCCCCC. The molecule has 0 saturated carbocycles. The molecule has 2 unspecified atom stereocenters. The van der Waals surface area contributed by atoms with Crippen LogP contribution in [-0.2, 0) is 14.9 Å². The van der Waals surface area contributed by atoms with Crippen LogP contribution < -0.4 is 5.32 Å². The molecule has 0 aliphatic carbocycles. The molecular formula is C46H77NO5S. The van der Waals surface area contributed by atoms with Crippen molar-refractivity contribution < 1.29 is 22.9 Å². The first-order chi connectivity index (χ1) is 25.8. The molecule has 6 nitrogen and oxygen atoms in total. The highest BCUT2D eigenvalue weighted by molar-refractivity contribution is 7.85. The summed E-state index contributed by atoms with van der Waals surface area (Å²) in [5.74, 6) is -1.05. The van der Waals surface area contributed by atoms with Crippen molar-refractivity contribution in [2.45, 2.75) is 180 Å². The Kier molecular flexibility index (Phi) is 37.0. The third-order valence-corrected chi connectivity index (χ3v) is 9.50. The summed E-state index contributed by atoms with van der Waals surface area (Å²) in [5, 5.41) is 13.2. The molecule has 302 valence electrons. The van der Waals surface area contributed by atoms with E-state index in [2.05, 4.69) is 104 Å². The van der Waals surface area contributed by atoms with Gasteiger partial charge in [0.1, 0.15) is 0 Å². The van der Waals surface area contributed by atoms with Gasteiger partial charge in [0.15, 0.2) is 0 Å². The van der Waals surface area contributed by atoms with E-state index in [9.17, 15) is 22.9 Å². The molecule has 2 atom stereocenters. The predicted molar refractivity (Wildman–Crippen MR) is 230 cm³/mol. The largest absolute Gasteiger partial charge is 0.387 e. The number of carbonyl (C=O) groups excluding carboxylic acids is 1. The molecule has 0 aromatic rings. The van der Waals surface area contributed by atoms with E-state index < -0.39 is 28.0 Å². The lowest BCUT2D eigenvalue weighted by Crippen LogP contribution is -2.46. The number of nitrogens with one attached hydrogen (secondary N) is 1. The van der Waals surface area contributed by atoms with Crippen molar-refractivity contribution >= 4 is 16.0 Å². The van der Waals surface area contributed by atoms with Gasteiger partial charge >= 0.3 is 0 Å². The van der Waals surface area contributed by atoms with Crippen molar-refractivity contribution in [1.82, 2.24) is 5.32 Å². The Balaban J connectivity index is 4.06. The summed E-state index contributed by atoms with van der Waals surface area (Å²) >= 11 is 0. The summed E-state index contributed by atoms with van der Waals surface area (Å²) in [5.41, 5.74) is 0. The molecule has 0 spiro atoms. The van der Waals surface area contributed by atoms with Gasteiger partial charge in [-0.3, -0.25) is 9.35 Å². The summed E-state index contributed by atoms with van der Waals surface area (Å²) in [4.78, 5) is 12.5. The molecule has 0 aromatic heterocycles. The molecule has 0 aliphatic heterocycles. The monoisotopic (exact) mass is 756 g/mol. The van der Waals surface area contributed by atoms with Crippen LogP contribution in [0.4, 0.5) is 0 Å². The Morgan fingerprint density at radius 3 is 1.42 bits per heavy atom. The van der Waals surface area contributed by atoms with Gasteiger partial charge in [-0.1, -0.05) is 169 Å². The number of hydrogen-bond donors (Lipinski definition) is 3. The topological polar surface area (TPSA) is 104 Å². The van der Waals surface area contributed by atoms with Crippen molar-refractivity contribution in [3.05, 3.63) is 97.2 Å². The molecule has 0 heterocycles. The lowest BCUT2D eigenvalue weighted by Gasteiger charge is -2.21. The van der Waals surface area contributed by atoms with Crippen LogP contribution in [-0.4, -0.2) is 41.9 Å². The van der Waals surface area contributed by atoms with Crippen LogP contribution in [0.1, 0.15) is 168 Å². The van der Waals surface area contributed by atoms with Gasteiger partial charge in [0.05, 0.1) is 17.9 Å². The van der Waals surface area contributed by atoms with Crippen LogP contribution >= 0.6 is 0 Å². The molecule has 3 N–H and O–H groups in total. The van der Waals surface area contributed by atoms with Crippen LogP contribution in [0.2, 0.25) is 0 Å². The summed E-state index contributed by atoms with van der Waals surface area (Å²) in [6, 6.07) is -1.10. The molecule has 1 amide bonds. The molecule has 0 saturated heterocycles. The Morgan fingerprint density at radius 1 is 0.528 bits per heavy atom. The minimum Gasteiger partial charge on any atom is -0.387 e. The molecular weight excluding hydrogens is 679 g/mol. The minimum absolute atomic E-state index is 0.256. The van der Waals surface area contributed by atoms with Gasteiger partial charge in [-0.05, 0) is 89.9 Å². The predicted octanol–water partition coefficient (Wildman–Crippen LogP) is 12.6. The molecule has 0 rings (SSSR count). The number of hydrogen-bond acceptors (Lipinski definition) is 4. The van der Waals surface area contributed by atoms with Gasteiger partial charge in [-0.15, -0.1) is 0 Å². The third kappa shape index (κ3) is 40.3. The maximum absolute atomic E-state index is 12.5. The maximum atomic E-state index is 12.5. The van der Waals surface area contributed by atoms with Crippen molar-refractivity contribution in [3.8, 4) is 0 Å². The van der Waals surface area contributed by atoms with E-state index in [1.165, 1.54) is 51.0 Å². The standard InChI is InChI=1S/C46H77NO5S/c1-3-5-7-9-11-13-15-17-19-21-22-23-24-26-28-30-32-34-36-38-40-42-46(49)47-44(43-53(50,51)52)45(48)41-39-37-35-33-31-29-27-25-20-18-16-14-12-10-8-6-4-2/h5,7,11,13,17,19-20,22-23,25-26,28,31,33,39,41,44-45,48H,3-4,6,8-10,12,14-16,18,21,24,27,29-30,32,34-38,40,42-43H2,1-2H3,(H,47,49)(H,50,51,52)/b7-5-,13-11-,19-17-,23-22-,25-20+,28-26-,33-31+,41-39+. The highest BCUT2D eigenvalue weighted by Gasteiger charge is 2.24. The van der Waals surface area contributed by atoms with Crippen LogP contribution in [0.25, 0.3) is 0 Å². The van der Waals surface area contributed by atoms with Crippen LogP contribution in [0.3, 0.4) is 0 Å². The molecule has 0 bridgehead atoms. The fourth-order valence-corrected chi connectivity index (χ4v) is 6.36. The summed E-state index contributed by atoms with van der Waals surface area (Å²) < 4.78 is 32.5. The number of unbranched alkanes of at least 4 members (excludes halogenated alkanes) is 14. The molecule has 0 radical (unpaired) electrons. The van der Waals surface area contributed by atoms with E-state index in [0.29, 0.717) is 12.8 Å². The highest BCUT2D eigenvalue weighted by atomic mass is 32.2. The van der Waals surface area contributed by atoms with Gasteiger partial charge in [-0.2, -0.15) is 8.42 Å². The number of rotatable bonds is 36. The molecule has 0 aromatic carbocycles. The number of amides is 1. The van der Waals surface area contributed by atoms with E-state index in [4.69, 9.17) is 0 Å².